The van der Waals surface area contributed by atoms with Crippen LogP contribution in [-0.4, -0.2) is 65.7 Å². The maximum Gasteiger partial charge on any atom is 0.344 e. The lowest BCUT2D eigenvalue weighted by atomic mass is 10.1. The maximum atomic E-state index is 12.8. The summed E-state index contributed by atoms with van der Waals surface area (Å²) in [5.74, 6) is -0.874. The molecule has 0 aromatic heterocycles. The van der Waals surface area contributed by atoms with E-state index < -0.39 is 17.1 Å². The van der Waals surface area contributed by atoms with Gasteiger partial charge in [0.05, 0.1) is 11.5 Å². The summed E-state index contributed by atoms with van der Waals surface area (Å²) in [6, 6.07) is 5.10. The maximum absolute atomic E-state index is 12.8. The number of piperidine rings is 1. The highest BCUT2D eigenvalue weighted by molar-refractivity contribution is 9.10. The number of likely N-dealkylation sites (tertiary alicyclic amines) is 1. The van der Waals surface area contributed by atoms with Crippen LogP contribution in [0, 0.1) is 0 Å². The number of carbonyl (C=O) groups is 4. The van der Waals surface area contributed by atoms with E-state index in [-0.39, 0.29) is 30.6 Å². The molecule has 3 amide bonds. The molecule has 1 aromatic carbocycles. The van der Waals surface area contributed by atoms with Gasteiger partial charge in [0.2, 0.25) is 5.91 Å². The van der Waals surface area contributed by atoms with Gasteiger partial charge < -0.3 is 14.4 Å². The van der Waals surface area contributed by atoms with Gasteiger partial charge in [0.25, 0.3) is 11.1 Å². The molecule has 10 heteroatoms. The molecule has 0 radical (unpaired) electrons. The third-order valence-electron chi connectivity index (χ3n) is 4.79. The summed E-state index contributed by atoms with van der Waals surface area (Å²) < 4.78 is 11.1. The fraction of sp³-hybridized carbons (Fsp3) is 0.429. The number of amides is 3. The van der Waals surface area contributed by atoms with Gasteiger partial charge in [-0.05, 0) is 62.2 Å². The molecule has 2 heterocycles. The third kappa shape index (κ3) is 6.10. The molecule has 2 aliphatic heterocycles. The molecule has 0 spiro atoms. The number of rotatable bonds is 7. The van der Waals surface area contributed by atoms with Gasteiger partial charge in [0, 0.05) is 23.1 Å². The van der Waals surface area contributed by atoms with E-state index in [1.165, 1.54) is 6.08 Å². The van der Waals surface area contributed by atoms with Gasteiger partial charge in [-0.1, -0.05) is 15.9 Å². The highest BCUT2D eigenvalue weighted by Gasteiger charge is 2.37. The van der Waals surface area contributed by atoms with Crippen LogP contribution in [0.25, 0.3) is 6.08 Å². The SMILES string of the molecule is CCOC(=O)COc1ccc(Br)cc1/C=C1\SC(=O)N(CC(=O)N2CCCCC2)C1=O. The molecule has 2 fully saturated rings. The zero-order valence-electron chi connectivity index (χ0n) is 17.1. The molecule has 8 nitrogen and oxygen atoms in total. The van der Waals surface area contributed by atoms with E-state index >= 15 is 0 Å². The number of ether oxygens (including phenoxy) is 2. The Hall–Kier alpha value is -2.33. The van der Waals surface area contributed by atoms with Crippen molar-refractivity contribution in [3.8, 4) is 5.75 Å². The first kappa shape index (κ1) is 23.3. The number of hydrogen-bond donors (Lipinski definition) is 0. The highest BCUT2D eigenvalue weighted by Crippen LogP contribution is 2.35. The summed E-state index contributed by atoms with van der Waals surface area (Å²) in [6.07, 6.45) is 4.48. The van der Waals surface area contributed by atoms with Crippen molar-refractivity contribution in [2.24, 2.45) is 0 Å². The van der Waals surface area contributed by atoms with Crippen LogP contribution in [0.1, 0.15) is 31.7 Å². The standard InChI is InChI=1S/C21H23BrN2O6S/c1-2-29-19(26)13-30-16-7-6-15(22)10-14(16)11-17-20(27)24(21(28)31-17)12-18(25)23-8-4-3-5-9-23/h6-7,10-11H,2-5,8-9,12-13H2,1H3/b17-11-. The lowest BCUT2D eigenvalue weighted by Gasteiger charge is -2.27. The van der Waals surface area contributed by atoms with Gasteiger partial charge in [-0.2, -0.15) is 0 Å². The zero-order valence-corrected chi connectivity index (χ0v) is 19.5. The Morgan fingerprint density at radius 3 is 2.65 bits per heavy atom. The first-order valence-corrected chi connectivity index (χ1v) is 11.6. The minimum Gasteiger partial charge on any atom is -0.481 e. The lowest BCUT2D eigenvalue weighted by molar-refractivity contribution is -0.145. The van der Waals surface area contributed by atoms with Gasteiger partial charge in [-0.15, -0.1) is 0 Å². The lowest BCUT2D eigenvalue weighted by Crippen LogP contribution is -2.44. The van der Waals surface area contributed by atoms with Crippen LogP contribution in [0.2, 0.25) is 0 Å². The number of carbonyl (C=O) groups excluding carboxylic acids is 4. The van der Waals surface area contributed by atoms with Gasteiger partial charge in [0.15, 0.2) is 6.61 Å². The van der Waals surface area contributed by atoms with Crippen LogP contribution in [0.5, 0.6) is 5.75 Å². The molecule has 31 heavy (non-hydrogen) atoms. The van der Waals surface area contributed by atoms with E-state index in [2.05, 4.69) is 15.9 Å². The van der Waals surface area contributed by atoms with Crippen LogP contribution in [0.15, 0.2) is 27.6 Å². The fourth-order valence-corrected chi connectivity index (χ4v) is 4.47. The van der Waals surface area contributed by atoms with Crippen molar-refractivity contribution < 1.29 is 28.7 Å². The molecule has 0 bridgehead atoms. The fourth-order valence-electron chi connectivity index (χ4n) is 3.26. The van der Waals surface area contributed by atoms with Crippen molar-refractivity contribution in [3.63, 3.8) is 0 Å². The van der Waals surface area contributed by atoms with Crippen LogP contribution in [-0.2, 0) is 19.1 Å². The van der Waals surface area contributed by atoms with Crippen LogP contribution >= 0.6 is 27.7 Å². The molecule has 3 rings (SSSR count). The van der Waals surface area contributed by atoms with E-state index in [4.69, 9.17) is 9.47 Å². The van der Waals surface area contributed by atoms with Crippen molar-refractivity contribution in [2.45, 2.75) is 26.2 Å². The summed E-state index contributed by atoms with van der Waals surface area (Å²) >= 11 is 4.15. The quantitative estimate of drug-likeness (QED) is 0.409. The Labute approximate surface area is 193 Å². The Bertz CT molecular complexity index is 913. The van der Waals surface area contributed by atoms with E-state index in [0.29, 0.717) is 24.4 Å². The van der Waals surface area contributed by atoms with Crippen molar-refractivity contribution >= 4 is 56.8 Å². The van der Waals surface area contributed by atoms with Gasteiger partial charge in [0.1, 0.15) is 12.3 Å². The Kier molecular flexibility index (Phi) is 8.14. The second-order valence-corrected chi connectivity index (χ2v) is 8.89. The number of hydrogen-bond acceptors (Lipinski definition) is 7. The molecule has 2 saturated heterocycles. The summed E-state index contributed by atoms with van der Waals surface area (Å²) in [6.45, 7) is 2.73. The predicted octanol–water partition coefficient (Wildman–Crippen LogP) is 3.44. The normalized spacial score (nSPS) is 17.9. The zero-order chi connectivity index (χ0) is 22.4. The second-order valence-electron chi connectivity index (χ2n) is 6.99. The third-order valence-corrected chi connectivity index (χ3v) is 6.19. The number of esters is 1. The van der Waals surface area contributed by atoms with E-state index in [9.17, 15) is 19.2 Å². The molecule has 0 saturated carbocycles. The molecule has 166 valence electrons. The number of thioether (sulfide) groups is 1. The van der Waals surface area contributed by atoms with Crippen LogP contribution < -0.4 is 4.74 Å². The topological polar surface area (TPSA) is 93.2 Å². The van der Waals surface area contributed by atoms with E-state index in [1.807, 2.05) is 0 Å². The highest BCUT2D eigenvalue weighted by atomic mass is 79.9. The number of imide groups is 1. The molecular formula is C21H23BrN2O6S. The Balaban J connectivity index is 1.73. The smallest absolute Gasteiger partial charge is 0.344 e. The predicted molar refractivity (Wildman–Crippen MR) is 119 cm³/mol. The van der Waals surface area contributed by atoms with Crippen molar-refractivity contribution in [3.05, 3.63) is 33.1 Å². The Morgan fingerprint density at radius 2 is 1.94 bits per heavy atom. The summed E-state index contributed by atoms with van der Waals surface area (Å²) in [7, 11) is 0. The molecule has 0 unspecified atom stereocenters. The minimum atomic E-state index is -0.517. The average Bonchev–Trinajstić information content (AvgIpc) is 3.01. The number of halogens is 1. The van der Waals surface area contributed by atoms with E-state index in [0.717, 1.165) is 40.4 Å². The molecule has 0 atom stereocenters. The second kappa shape index (κ2) is 10.8. The van der Waals surface area contributed by atoms with Gasteiger partial charge >= 0.3 is 5.97 Å². The molecule has 0 aliphatic carbocycles. The molecule has 0 N–H and O–H groups in total. The summed E-state index contributed by atoms with van der Waals surface area (Å²) in [5.41, 5.74) is 0.520. The molecule has 1 aromatic rings. The summed E-state index contributed by atoms with van der Waals surface area (Å²) in [5, 5.41) is -0.481. The first-order valence-electron chi connectivity index (χ1n) is 10.00. The van der Waals surface area contributed by atoms with Crippen molar-refractivity contribution in [1.82, 2.24) is 9.80 Å². The van der Waals surface area contributed by atoms with Crippen molar-refractivity contribution in [2.75, 3.05) is 32.8 Å². The first-order chi connectivity index (χ1) is 14.9. The van der Waals surface area contributed by atoms with Gasteiger partial charge in [-0.3, -0.25) is 19.3 Å². The van der Waals surface area contributed by atoms with Crippen LogP contribution in [0.4, 0.5) is 4.79 Å². The molecule has 2 aliphatic rings. The Morgan fingerprint density at radius 1 is 1.19 bits per heavy atom. The minimum absolute atomic E-state index is 0.190. The average molecular weight is 511 g/mol. The monoisotopic (exact) mass is 510 g/mol. The largest absolute Gasteiger partial charge is 0.481 e. The molecular weight excluding hydrogens is 488 g/mol. The number of nitrogens with zero attached hydrogens (tertiary/aromatic N) is 2. The van der Waals surface area contributed by atoms with Crippen molar-refractivity contribution in [1.29, 1.82) is 0 Å². The summed E-state index contributed by atoms with van der Waals surface area (Å²) in [4.78, 5) is 52.2. The van der Waals surface area contributed by atoms with E-state index in [1.54, 1.807) is 30.0 Å². The number of benzene rings is 1. The van der Waals surface area contributed by atoms with Crippen LogP contribution in [0.3, 0.4) is 0 Å². The van der Waals surface area contributed by atoms with Gasteiger partial charge in [-0.25, -0.2) is 4.79 Å².